The van der Waals surface area contributed by atoms with Gasteiger partial charge >= 0.3 is 12.1 Å². The van der Waals surface area contributed by atoms with Crippen LogP contribution in [-0.2, 0) is 30.5 Å². The molecule has 0 N–H and O–H groups in total. The number of likely N-dealkylation sites (tertiary alicyclic amines) is 1. The Hall–Kier alpha value is -2.70. The van der Waals surface area contributed by atoms with Crippen LogP contribution < -0.4 is 0 Å². The molecule has 0 spiro atoms. The first-order valence-electron chi connectivity index (χ1n) is 9.34. The molecule has 1 aliphatic heterocycles. The third-order valence-corrected chi connectivity index (χ3v) is 4.35. The monoisotopic (exact) mass is 389 g/mol. The SMILES string of the molecule is CC(=O)C(C(=O)OC(C)(C)C)C(=O)[C@@H]1CCCN1C(=O)OCc1ccccc1. The Bertz CT molecular complexity index is 737. The Kier molecular flexibility index (Phi) is 6.94. The molecular weight excluding hydrogens is 362 g/mol. The van der Waals surface area contributed by atoms with Crippen molar-refractivity contribution in [2.24, 2.45) is 5.92 Å². The van der Waals surface area contributed by atoms with Crippen molar-refractivity contribution in [3.63, 3.8) is 0 Å². The number of nitrogens with zero attached hydrogens (tertiary/aromatic N) is 1. The van der Waals surface area contributed by atoms with E-state index in [-0.39, 0.29) is 6.61 Å². The second-order valence-corrected chi connectivity index (χ2v) is 7.87. The largest absolute Gasteiger partial charge is 0.459 e. The molecule has 0 saturated carbocycles. The molecule has 7 nitrogen and oxygen atoms in total. The minimum Gasteiger partial charge on any atom is -0.459 e. The number of amides is 1. The number of ketones is 2. The van der Waals surface area contributed by atoms with Crippen molar-refractivity contribution in [2.75, 3.05) is 6.54 Å². The van der Waals surface area contributed by atoms with Crippen LogP contribution in [0.1, 0.15) is 46.1 Å². The predicted molar refractivity (Wildman–Crippen MR) is 101 cm³/mol. The lowest BCUT2D eigenvalue weighted by atomic mass is 9.93. The Labute approximate surface area is 165 Å². The number of carbonyl (C=O) groups excluding carboxylic acids is 4. The fourth-order valence-electron chi connectivity index (χ4n) is 3.12. The molecule has 7 heteroatoms. The maximum atomic E-state index is 12.9. The summed E-state index contributed by atoms with van der Waals surface area (Å²) in [4.78, 5) is 51.1. The molecule has 2 atom stereocenters. The normalized spacial score (nSPS) is 17.7. The van der Waals surface area contributed by atoms with E-state index in [1.54, 1.807) is 20.8 Å². The van der Waals surface area contributed by atoms with E-state index in [0.29, 0.717) is 19.4 Å². The van der Waals surface area contributed by atoms with E-state index in [9.17, 15) is 19.2 Å². The standard InChI is InChI=1S/C21H27NO6/c1-14(23)17(19(25)28-21(2,3)4)18(24)16-11-8-12-22(16)20(26)27-13-15-9-6-5-7-10-15/h5-7,9-10,16-17H,8,11-13H2,1-4H3/t16-,17?/m0/s1. The second-order valence-electron chi connectivity index (χ2n) is 7.87. The third kappa shape index (κ3) is 5.65. The molecule has 1 amide bonds. The number of hydrogen-bond donors (Lipinski definition) is 0. The minimum absolute atomic E-state index is 0.0826. The van der Waals surface area contributed by atoms with Gasteiger partial charge in [-0.15, -0.1) is 0 Å². The molecule has 2 rings (SSSR count). The van der Waals surface area contributed by atoms with E-state index in [0.717, 1.165) is 5.56 Å². The summed E-state index contributed by atoms with van der Waals surface area (Å²) in [5, 5.41) is 0. The molecule has 1 unspecified atom stereocenters. The van der Waals surface area contributed by atoms with E-state index in [1.807, 2.05) is 30.3 Å². The predicted octanol–water partition coefficient (Wildman–Crippen LogP) is 2.90. The summed E-state index contributed by atoms with van der Waals surface area (Å²) in [6, 6.07) is 8.32. The highest BCUT2D eigenvalue weighted by molar-refractivity contribution is 6.18. The van der Waals surface area contributed by atoms with Crippen LogP contribution in [0.25, 0.3) is 0 Å². The van der Waals surface area contributed by atoms with Crippen molar-refractivity contribution in [3.8, 4) is 0 Å². The molecule has 0 aromatic heterocycles. The lowest BCUT2D eigenvalue weighted by Gasteiger charge is -2.27. The molecule has 28 heavy (non-hydrogen) atoms. The van der Waals surface area contributed by atoms with Gasteiger partial charge in [0.15, 0.2) is 17.5 Å². The van der Waals surface area contributed by atoms with Crippen molar-refractivity contribution < 1.29 is 28.7 Å². The van der Waals surface area contributed by atoms with Crippen LogP contribution in [0, 0.1) is 5.92 Å². The summed E-state index contributed by atoms with van der Waals surface area (Å²) >= 11 is 0. The van der Waals surface area contributed by atoms with E-state index in [4.69, 9.17) is 9.47 Å². The van der Waals surface area contributed by atoms with E-state index in [2.05, 4.69) is 0 Å². The van der Waals surface area contributed by atoms with Crippen LogP contribution >= 0.6 is 0 Å². The summed E-state index contributed by atoms with van der Waals surface area (Å²) in [6.07, 6.45) is 0.341. The zero-order chi connectivity index (χ0) is 20.9. The van der Waals surface area contributed by atoms with Gasteiger partial charge in [-0.25, -0.2) is 4.79 Å². The topological polar surface area (TPSA) is 90.0 Å². The summed E-state index contributed by atoms with van der Waals surface area (Å²) < 4.78 is 10.5. The van der Waals surface area contributed by atoms with Crippen molar-refractivity contribution in [1.82, 2.24) is 4.90 Å². The van der Waals surface area contributed by atoms with Gasteiger partial charge in [0, 0.05) is 6.54 Å². The first-order valence-corrected chi connectivity index (χ1v) is 9.34. The molecule has 0 radical (unpaired) electrons. The van der Waals surface area contributed by atoms with Crippen LogP contribution in [0.5, 0.6) is 0 Å². The summed E-state index contributed by atoms with van der Waals surface area (Å²) in [6.45, 7) is 6.59. The van der Waals surface area contributed by atoms with Gasteiger partial charge in [0.1, 0.15) is 12.2 Å². The Morgan fingerprint density at radius 1 is 1.14 bits per heavy atom. The Morgan fingerprint density at radius 3 is 2.36 bits per heavy atom. The maximum absolute atomic E-state index is 12.9. The highest BCUT2D eigenvalue weighted by Gasteiger charge is 2.44. The molecule has 1 aromatic carbocycles. The van der Waals surface area contributed by atoms with Crippen molar-refractivity contribution in [2.45, 2.75) is 58.8 Å². The van der Waals surface area contributed by atoms with E-state index < -0.39 is 41.2 Å². The fraction of sp³-hybridized carbons (Fsp3) is 0.524. The number of Topliss-reactive ketones (excluding diaryl/α,β-unsaturated/α-hetero) is 2. The van der Waals surface area contributed by atoms with Crippen LogP contribution in [0.15, 0.2) is 30.3 Å². The van der Waals surface area contributed by atoms with Crippen LogP contribution in [-0.4, -0.2) is 46.7 Å². The van der Waals surface area contributed by atoms with Crippen molar-refractivity contribution >= 4 is 23.6 Å². The first kappa shape index (κ1) is 21.6. The first-order chi connectivity index (χ1) is 13.1. The molecule has 1 saturated heterocycles. The zero-order valence-corrected chi connectivity index (χ0v) is 16.8. The number of esters is 1. The summed E-state index contributed by atoms with van der Waals surface area (Å²) in [7, 11) is 0. The molecule has 0 bridgehead atoms. The number of ether oxygens (including phenoxy) is 2. The van der Waals surface area contributed by atoms with Crippen LogP contribution in [0.3, 0.4) is 0 Å². The molecule has 0 aliphatic carbocycles. The molecular formula is C21H27NO6. The van der Waals surface area contributed by atoms with Crippen molar-refractivity contribution in [1.29, 1.82) is 0 Å². The highest BCUT2D eigenvalue weighted by atomic mass is 16.6. The van der Waals surface area contributed by atoms with Gasteiger partial charge in [-0.3, -0.25) is 19.3 Å². The fourth-order valence-corrected chi connectivity index (χ4v) is 3.12. The molecule has 1 heterocycles. The van der Waals surface area contributed by atoms with E-state index in [1.165, 1.54) is 11.8 Å². The zero-order valence-electron chi connectivity index (χ0n) is 16.8. The molecule has 152 valence electrons. The lowest BCUT2D eigenvalue weighted by molar-refractivity contribution is -0.164. The average Bonchev–Trinajstić information content (AvgIpc) is 3.08. The quantitative estimate of drug-likeness (QED) is 0.549. The highest BCUT2D eigenvalue weighted by Crippen LogP contribution is 2.24. The van der Waals surface area contributed by atoms with Gasteiger partial charge in [-0.1, -0.05) is 30.3 Å². The lowest BCUT2D eigenvalue weighted by Crippen LogP contribution is -2.47. The van der Waals surface area contributed by atoms with E-state index >= 15 is 0 Å². The van der Waals surface area contributed by atoms with Gasteiger partial charge in [0.2, 0.25) is 0 Å². The number of benzene rings is 1. The minimum atomic E-state index is -1.54. The Morgan fingerprint density at radius 2 is 1.79 bits per heavy atom. The van der Waals surface area contributed by atoms with Gasteiger partial charge in [0.25, 0.3) is 0 Å². The number of rotatable bonds is 6. The smallest absolute Gasteiger partial charge is 0.410 e. The van der Waals surface area contributed by atoms with Gasteiger partial charge in [-0.05, 0) is 46.1 Å². The average molecular weight is 389 g/mol. The second kappa shape index (κ2) is 8.99. The summed E-state index contributed by atoms with van der Waals surface area (Å²) in [5.74, 6) is -3.62. The molecule has 1 fully saturated rings. The van der Waals surface area contributed by atoms with Gasteiger partial charge in [-0.2, -0.15) is 0 Å². The molecule has 1 aromatic rings. The van der Waals surface area contributed by atoms with Crippen molar-refractivity contribution in [3.05, 3.63) is 35.9 Å². The van der Waals surface area contributed by atoms with Crippen LogP contribution in [0.4, 0.5) is 4.79 Å². The molecule has 1 aliphatic rings. The number of hydrogen-bond acceptors (Lipinski definition) is 6. The number of carbonyl (C=O) groups is 4. The van der Waals surface area contributed by atoms with Crippen LogP contribution in [0.2, 0.25) is 0 Å². The maximum Gasteiger partial charge on any atom is 0.410 e. The van der Waals surface area contributed by atoms with Gasteiger partial charge < -0.3 is 9.47 Å². The Balaban J connectivity index is 2.08. The third-order valence-electron chi connectivity index (χ3n) is 4.35. The van der Waals surface area contributed by atoms with Gasteiger partial charge in [0.05, 0.1) is 6.04 Å². The summed E-state index contributed by atoms with van der Waals surface area (Å²) in [5.41, 5.74) is 0.00276.